The Morgan fingerprint density at radius 2 is 1.94 bits per heavy atom. The number of rotatable bonds is 10. The molecule has 0 amide bonds. The van der Waals surface area contributed by atoms with Gasteiger partial charge in [-0.1, -0.05) is 20.3 Å². The van der Waals surface area contributed by atoms with Crippen LogP contribution in [0.2, 0.25) is 0 Å². The average molecular weight is 244 g/mol. The summed E-state index contributed by atoms with van der Waals surface area (Å²) < 4.78 is 5.55. The zero-order valence-corrected chi connectivity index (χ0v) is 11.8. The molecule has 0 saturated heterocycles. The van der Waals surface area contributed by atoms with Crippen molar-refractivity contribution >= 4 is 5.78 Å². The molecular formula is C14H28O3. The van der Waals surface area contributed by atoms with Gasteiger partial charge in [0.05, 0.1) is 6.10 Å². The van der Waals surface area contributed by atoms with Gasteiger partial charge < -0.3 is 9.84 Å². The lowest BCUT2D eigenvalue weighted by molar-refractivity contribution is -0.136. The van der Waals surface area contributed by atoms with Crippen LogP contribution in [0.15, 0.2) is 0 Å². The molecule has 0 rings (SSSR count). The number of hydrogen-bond acceptors (Lipinski definition) is 3. The molecule has 0 aromatic heterocycles. The van der Waals surface area contributed by atoms with Crippen molar-refractivity contribution in [2.24, 2.45) is 0 Å². The summed E-state index contributed by atoms with van der Waals surface area (Å²) in [5.41, 5.74) is -1.13. The highest BCUT2D eigenvalue weighted by Gasteiger charge is 2.26. The summed E-state index contributed by atoms with van der Waals surface area (Å²) in [7, 11) is 0. The lowest BCUT2D eigenvalue weighted by Crippen LogP contribution is -2.33. The van der Waals surface area contributed by atoms with Crippen molar-refractivity contribution in [3.05, 3.63) is 0 Å². The van der Waals surface area contributed by atoms with E-state index >= 15 is 0 Å². The predicted octanol–water partition coefficient (Wildman–Crippen LogP) is 3.09. The Labute approximate surface area is 106 Å². The fraction of sp³-hybridized carbons (Fsp3) is 0.929. The van der Waals surface area contributed by atoms with Crippen LogP contribution in [0, 0.1) is 0 Å². The zero-order valence-electron chi connectivity index (χ0n) is 11.8. The van der Waals surface area contributed by atoms with E-state index in [4.69, 9.17) is 4.74 Å². The fourth-order valence-electron chi connectivity index (χ4n) is 1.43. The quantitative estimate of drug-likeness (QED) is 0.601. The Morgan fingerprint density at radius 1 is 1.29 bits per heavy atom. The van der Waals surface area contributed by atoms with Gasteiger partial charge in [0.1, 0.15) is 5.60 Å². The van der Waals surface area contributed by atoms with Crippen LogP contribution in [0.25, 0.3) is 0 Å². The van der Waals surface area contributed by atoms with Crippen LogP contribution < -0.4 is 0 Å². The predicted molar refractivity (Wildman–Crippen MR) is 70.1 cm³/mol. The smallest absolute Gasteiger partial charge is 0.164 e. The minimum atomic E-state index is -1.13. The van der Waals surface area contributed by atoms with Crippen LogP contribution in [-0.2, 0) is 9.53 Å². The fourth-order valence-corrected chi connectivity index (χ4v) is 1.43. The first-order valence-corrected chi connectivity index (χ1v) is 6.81. The first kappa shape index (κ1) is 16.6. The van der Waals surface area contributed by atoms with Crippen molar-refractivity contribution in [3.8, 4) is 0 Å². The van der Waals surface area contributed by atoms with E-state index in [1.54, 1.807) is 6.92 Å². The van der Waals surface area contributed by atoms with Gasteiger partial charge in [-0.05, 0) is 39.5 Å². The number of carbonyl (C=O) groups is 1. The lowest BCUT2D eigenvalue weighted by atomic mass is 9.94. The van der Waals surface area contributed by atoms with Crippen molar-refractivity contribution in [3.63, 3.8) is 0 Å². The van der Waals surface area contributed by atoms with Crippen molar-refractivity contribution in [1.29, 1.82) is 0 Å². The number of unbranched alkanes of at least 4 members (excludes halogenated alkanes) is 2. The Morgan fingerprint density at radius 3 is 2.47 bits per heavy atom. The molecule has 0 heterocycles. The molecule has 17 heavy (non-hydrogen) atoms. The maximum atomic E-state index is 11.6. The van der Waals surface area contributed by atoms with E-state index in [9.17, 15) is 9.90 Å². The average Bonchev–Trinajstić information content (AvgIpc) is 2.32. The third kappa shape index (κ3) is 7.50. The van der Waals surface area contributed by atoms with E-state index in [0.29, 0.717) is 18.9 Å². The second-order valence-corrected chi connectivity index (χ2v) is 4.95. The Bertz CT molecular complexity index is 212. The van der Waals surface area contributed by atoms with E-state index < -0.39 is 5.60 Å². The minimum absolute atomic E-state index is 0.0390. The molecule has 0 fully saturated rings. The summed E-state index contributed by atoms with van der Waals surface area (Å²) in [6, 6.07) is 0. The maximum Gasteiger partial charge on any atom is 0.164 e. The molecule has 0 aliphatic carbocycles. The number of Topliss-reactive ketones (excluding diaryl/α,β-unsaturated/α-hetero) is 1. The molecule has 0 aliphatic heterocycles. The number of ether oxygens (including phenoxy) is 1. The lowest BCUT2D eigenvalue weighted by Gasteiger charge is -2.19. The van der Waals surface area contributed by atoms with Gasteiger partial charge in [-0.25, -0.2) is 0 Å². The molecule has 3 heteroatoms. The molecule has 0 spiro atoms. The summed E-state index contributed by atoms with van der Waals surface area (Å²) in [5, 5.41) is 9.72. The van der Waals surface area contributed by atoms with Crippen LogP contribution in [0.1, 0.15) is 66.2 Å². The highest BCUT2D eigenvalue weighted by Crippen LogP contribution is 2.14. The van der Waals surface area contributed by atoms with Gasteiger partial charge in [-0.15, -0.1) is 0 Å². The van der Waals surface area contributed by atoms with Gasteiger partial charge in [0.25, 0.3) is 0 Å². The van der Waals surface area contributed by atoms with E-state index in [0.717, 1.165) is 32.3 Å². The van der Waals surface area contributed by atoms with Crippen molar-refractivity contribution in [1.82, 2.24) is 0 Å². The summed E-state index contributed by atoms with van der Waals surface area (Å²) in [6.45, 7) is 8.38. The third-order valence-electron chi connectivity index (χ3n) is 3.31. The van der Waals surface area contributed by atoms with E-state index in [1.165, 1.54) is 0 Å². The largest absolute Gasteiger partial charge is 0.382 e. The van der Waals surface area contributed by atoms with Crippen LogP contribution in [0.5, 0.6) is 0 Å². The second-order valence-electron chi connectivity index (χ2n) is 4.95. The highest BCUT2D eigenvalue weighted by atomic mass is 16.5. The van der Waals surface area contributed by atoms with Crippen LogP contribution in [-0.4, -0.2) is 29.2 Å². The molecule has 102 valence electrons. The summed E-state index contributed by atoms with van der Waals surface area (Å²) >= 11 is 0. The maximum absolute atomic E-state index is 11.6. The first-order valence-electron chi connectivity index (χ1n) is 6.81. The van der Waals surface area contributed by atoms with E-state index in [1.807, 2.05) is 6.92 Å². The number of carbonyl (C=O) groups excluding carboxylic acids is 1. The monoisotopic (exact) mass is 244 g/mol. The topological polar surface area (TPSA) is 46.5 Å². The molecule has 1 N–H and O–H groups in total. The van der Waals surface area contributed by atoms with E-state index in [2.05, 4.69) is 13.8 Å². The van der Waals surface area contributed by atoms with Gasteiger partial charge in [0, 0.05) is 13.0 Å². The standard InChI is InChI=1S/C14H28O3/c1-5-12(3)17-11-9-7-8-10-13(15)14(4,16)6-2/h12,16H,5-11H2,1-4H3. The molecule has 0 aromatic rings. The Kier molecular flexibility index (Phi) is 8.44. The minimum Gasteiger partial charge on any atom is -0.382 e. The summed E-state index contributed by atoms with van der Waals surface area (Å²) in [5.74, 6) is -0.0390. The van der Waals surface area contributed by atoms with Crippen LogP contribution in [0.4, 0.5) is 0 Å². The van der Waals surface area contributed by atoms with Gasteiger partial charge in [-0.2, -0.15) is 0 Å². The second kappa shape index (κ2) is 8.65. The molecule has 3 nitrogen and oxygen atoms in total. The normalized spacial score (nSPS) is 16.5. The van der Waals surface area contributed by atoms with Crippen LogP contribution in [0.3, 0.4) is 0 Å². The van der Waals surface area contributed by atoms with Gasteiger partial charge in [0.15, 0.2) is 5.78 Å². The first-order chi connectivity index (χ1) is 7.94. The molecule has 0 aliphatic rings. The number of hydrogen-bond donors (Lipinski definition) is 1. The molecule has 0 saturated carbocycles. The Hall–Kier alpha value is -0.410. The molecular weight excluding hydrogens is 216 g/mol. The molecule has 0 bridgehead atoms. The van der Waals surface area contributed by atoms with Crippen molar-refractivity contribution in [2.45, 2.75) is 77.9 Å². The zero-order chi connectivity index (χ0) is 13.3. The van der Waals surface area contributed by atoms with E-state index in [-0.39, 0.29) is 5.78 Å². The third-order valence-corrected chi connectivity index (χ3v) is 3.31. The summed E-state index contributed by atoms with van der Waals surface area (Å²) in [4.78, 5) is 11.6. The number of aliphatic hydroxyl groups is 1. The Balaban J connectivity index is 3.49. The molecule has 0 radical (unpaired) electrons. The molecule has 2 atom stereocenters. The van der Waals surface area contributed by atoms with Gasteiger partial charge in [-0.3, -0.25) is 4.79 Å². The van der Waals surface area contributed by atoms with Gasteiger partial charge in [0.2, 0.25) is 0 Å². The highest BCUT2D eigenvalue weighted by molar-refractivity contribution is 5.86. The molecule has 2 unspecified atom stereocenters. The van der Waals surface area contributed by atoms with Crippen molar-refractivity contribution < 1.29 is 14.6 Å². The molecule has 0 aromatic carbocycles. The van der Waals surface area contributed by atoms with Gasteiger partial charge >= 0.3 is 0 Å². The van der Waals surface area contributed by atoms with Crippen molar-refractivity contribution in [2.75, 3.05) is 6.61 Å². The number of ketones is 1. The van der Waals surface area contributed by atoms with Crippen LogP contribution >= 0.6 is 0 Å². The SMILES string of the molecule is CCC(C)OCCCCCC(=O)C(C)(O)CC. The summed E-state index contributed by atoms with van der Waals surface area (Å²) in [6.07, 6.45) is 5.16.